The number of morpholine rings is 1. The van der Waals surface area contributed by atoms with E-state index in [4.69, 9.17) is 14.5 Å². The predicted molar refractivity (Wildman–Crippen MR) is 126 cm³/mol. The summed E-state index contributed by atoms with van der Waals surface area (Å²) in [7, 11) is 0. The monoisotopic (exact) mass is 439 g/mol. The van der Waals surface area contributed by atoms with Gasteiger partial charge in [-0.3, -0.25) is 14.6 Å². The highest BCUT2D eigenvalue weighted by Crippen LogP contribution is 2.33. The summed E-state index contributed by atoms with van der Waals surface area (Å²) in [5.41, 5.74) is 3.96. The molecule has 6 nitrogen and oxygen atoms in total. The van der Waals surface area contributed by atoms with Gasteiger partial charge in [-0.05, 0) is 62.2 Å². The van der Waals surface area contributed by atoms with Crippen molar-refractivity contribution in [3.63, 3.8) is 0 Å². The van der Waals surface area contributed by atoms with Crippen molar-refractivity contribution in [3.05, 3.63) is 53.1 Å². The minimum absolute atomic E-state index is 0.0373. The lowest BCUT2D eigenvalue weighted by molar-refractivity contribution is 0.0391. The normalized spacial score (nSPS) is 14.7. The van der Waals surface area contributed by atoms with Gasteiger partial charge < -0.3 is 9.47 Å². The van der Waals surface area contributed by atoms with Crippen molar-refractivity contribution in [2.45, 2.75) is 20.8 Å². The molecule has 3 aromatic rings. The summed E-state index contributed by atoms with van der Waals surface area (Å²) in [4.78, 5) is 22.5. The van der Waals surface area contributed by atoms with E-state index in [1.165, 1.54) is 11.1 Å². The highest BCUT2D eigenvalue weighted by molar-refractivity contribution is 7.22. The van der Waals surface area contributed by atoms with Crippen LogP contribution in [-0.4, -0.2) is 61.8 Å². The average Bonchev–Trinajstić information content (AvgIpc) is 3.19. The van der Waals surface area contributed by atoms with Crippen LogP contribution in [-0.2, 0) is 4.74 Å². The average molecular weight is 440 g/mol. The maximum Gasteiger partial charge on any atom is 0.260 e. The summed E-state index contributed by atoms with van der Waals surface area (Å²) in [6.45, 7) is 11.4. The summed E-state index contributed by atoms with van der Waals surface area (Å²) >= 11 is 1.59. The number of ether oxygens (including phenoxy) is 2. The lowest BCUT2D eigenvalue weighted by atomic mass is 10.1. The second-order valence-electron chi connectivity index (χ2n) is 7.79. The summed E-state index contributed by atoms with van der Waals surface area (Å²) in [5, 5.41) is 0.746. The van der Waals surface area contributed by atoms with Crippen LogP contribution in [0.3, 0.4) is 0 Å². The van der Waals surface area contributed by atoms with E-state index in [0.717, 1.165) is 53.9 Å². The summed E-state index contributed by atoms with van der Waals surface area (Å²) in [6, 6.07) is 11.6. The Balaban J connectivity index is 1.63. The Hall–Kier alpha value is -2.48. The molecule has 1 aromatic heterocycles. The van der Waals surface area contributed by atoms with Crippen LogP contribution in [0, 0.1) is 13.8 Å². The molecule has 4 rings (SSSR count). The summed E-state index contributed by atoms with van der Waals surface area (Å²) in [5.74, 6) is 0.731. The van der Waals surface area contributed by atoms with Gasteiger partial charge >= 0.3 is 0 Å². The molecule has 1 saturated heterocycles. The van der Waals surface area contributed by atoms with Crippen molar-refractivity contribution in [1.29, 1.82) is 0 Å². The molecule has 1 fully saturated rings. The first-order valence-corrected chi connectivity index (χ1v) is 11.6. The molecular weight excluding hydrogens is 410 g/mol. The number of thiazole rings is 1. The molecule has 0 bridgehead atoms. The fraction of sp³-hybridized carbons (Fsp3) is 0.417. The highest BCUT2D eigenvalue weighted by Gasteiger charge is 2.23. The van der Waals surface area contributed by atoms with E-state index in [1.54, 1.807) is 11.3 Å². The molecule has 1 aliphatic rings. The maximum absolute atomic E-state index is 13.5. The topological polar surface area (TPSA) is 54.9 Å². The van der Waals surface area contributed by atoms with E-state index in [1.807, 2.05) is 36.1 Å². The van der Waals surface area contributed by atoms with Crippen LogP contribution < -0.4 is 9.64 Å². The van der Waals surface area contributed by atoms with E-state index < -0.39 is 0 Å². The molecule has 2 heterocycles. The van der Waals surface area contributed by atoms with Gasteiger partial charge in [0.05, 0.1) is 30.0 Å². The number of fused-ring (bicyclic) bond motifs is 1. The third-order valence-corrected chi connectivity index (χ3v) is 6.67. The third kappa shape index (κ3) is 5.06. The number of anilines is 1. The molecule has 31 heavy (non-hydrogen) atoms. The number of hydrogen-bond acceptors (Lipinski definition) is 6. The first-order chi connectivity index (χ1) is 15.0. The van der Waals surface area contributed by atoms with Gasteiger partial charge in [-0.2, -0.15) is 0 Å². The number of nitrogens with zero attached hydrogens (tertiary/aromatic N) is 3. The minimum atomic E-state index is -0.0373. The SMILES string of the molecule is CCOc1ccc(C(=O)N(CCN2CCOCC2)c2nc3cc(C)cc(C)c3s2)cc1. The van der Waals surface area contributed by atoms with Crippen LogP contribution in [0.4, 0.5) is 5.13 Å². The number of aryl methyl sites for hydroxylation is 2. The van der Waals surface area contributed by atoms with Gasteiger partial charge in [-0.25, -0.2) is 4.98 Å². The Labute approximate surface area is 187 Å². The third-order valence-electron chi connectivity index (χ3n) is 5.44. The first-order valence-electron chi connectivity index (χ1n) is 10.8. The first kappa shape index (κ1) is 21.7. The zero-order valence-corrected chi connectivity index (χ0v) is 19.2. The standard InChI is InChI=1S/C24H29N3O3S/c1-4-30-20-7-5-19(6-8-20)23(28)27(10-9-26-11-13-29-14-12-26)24-25-21-16-17(2)15-18(3)22(21)31-24/h5-8,15-16H,4,9-14H2,1-3H3. The van der Waals surface area contributed by atoms with Crippen LogP contribution in [0.25, 0.3) is 10.2 Å². The van der Waals surface area contributed by atoms with Crippen molar-refractivity contribution in [1.82, 2.24) is 9.88 Å². The zero-order valence-electron chi connectivity index (χ0n) is 18.4. The van der Waals surface area contributed by atoms with E-state index in [9.17, 15) is 4.79 Å². The smallest absolute Gasteiger partial charge is 0.260 e. The lowest BCUT2D eigenvalue weighted by Gasteiger charge is -2.29. The van der Waals surface area contributed by atoms with Gasteiger partial charge in [0.15, 0.2) is 5.13 Å². The number of carbonyl (C=O) groups excluding carboxylic acids is 1. The van der Waals surface area contributed by atoms with Crippen LogP contribution in [0.15, 0.2) is 36.4 Å². The molecule has 0 atom stereocenters. The van der Waals surface area contributed by atoms with Crippen LogP contribution >= 0.6 is 11.3 Å². The molecular formula is C24H29N3O3S. The number of benzene rings is 2. The molecule has 0 spiro atoms. The van der Waals surface area contributed by atoms with Crippen LogP contribution in [0.2, 0.25) is 0 Å². The Kier molecular flexibility index (Phi) is 6.85. The second kappa shape index (κ2) is 9.77. The molecule has 0 aliphatic carbocycles. The Morgan fingerprint density at radius 3 is 2.65 bits per heavy atom. The largest absolute Gasteiger partial charge is 0.494 e. The van der Waals surface area contributed by atoms with E-state index in [-0.39, 0.29) is 5.91 Å². The predicted octanol–water partition coefficient (Wildman–Crippen LogP) is 4.29. The number of carbonyl (C=O) groups is 1. The lowest BCUT2D eigenvalue weighted by Crippen LogP contribution is -2.43. The minimum Gasteiger partial charge on any atom is -0.494 e. The van der Waals surface area contributed by atoms with Crippen molar-refractivity contribution in [2.24, 2.45) is 0 Å². The van der Waals surface area contributed by atoms with Gasteiger partial charge in [0, 0.05) is 31.7 Å². The molecule has 1 amide bonds. The number of aromatic nitrogens is 1. The van der Waals surface area contributed by atoms with E-state index in [0.29, 0.717) is 18.7 Å². The molecule has 1 aliphatic heterocycles. The van der Waals surface area contributed by atoms with Crippen molar-refractivity contribution in [2.75, 3.05) is 50.9 Å². The van der Waals surface area contributed by atoms with Gasteiger partial charge in [-0.15, -0.1) is 0 Å². The van der Waals surface area contributed by atoms with Gasteiger partial charge in [0.1, 0.15) is 5.75 Å². The molecule has 0 saturated carbocycles. The summed E-state index contributed by atoms with van der Waals surface area (Å²) in [6.07, 6.45) is 0. The Morgan fingerprint density at radius 1 is 1.19 bits per heavy atom. The fourth-order valence-electron chi connectivity index (χ4n) is 3.85. The van der Waals surface area contributed by atoms with Gasteiger partial charge in [0.2, 0.25) is 0 Å². The van der Waals surface area contributed by atoms with Crippen molar-refractivity contribution < 1.29 is 14.3 Å². The number of hydrogen-bond donors (Lipinski definition) is 0. The molecule has 2 aromatic carbocycles. The number of amides is 1. The van der Waals surface area contributed by atoms with Gasteiger partial charge in [0.25, 0.3) is 5.91 Å². The van der Waals surface area contributed by atoms with E-state index >= 15 is 0 Å². The molecule has 0 N–H and O–H groups in total. The molecule has 0 radical (unpaired) electrons. The fourth-order valence-corrected chi connectivity index (χ4v) is 4.89. The number of rotatable bonds is 7. The summed E-state index contributed by atoms with van der Waals surface area (Å²) < 4.78 is 12.1. The highest BCUT2D eigenvalue weighted by atomic mass is 32.1. The van der Waals surface area contributed by atoms with Crippen LogP contribution in [0.5, 0.6) is 5.75 Å². The molecule has 7 heteroatoms. The Morgan fingerprint density at radius 2 is 1.94 bits per heavy atom. The Bertz CT molecular complexity index is 1040. The van der Waals surface area contributed by atoms with Gasteiger partial charge in [-0.1, -0.05) is 17.4 Å². The van der Waals surface area contributed by atoms with E-state index in [2.05, 4.69) is 30.9 Å². The van der Waals surface area contributed by atoms with Crippen molar-refractivity contribution >= 4 is 32.6 Å². The second-order valence-corrected chi connectivity index (χ2v) is 8.77. The van der Waals surface area contributed by atoms with Crippen molar-refractivity contribution in [3.8, 4) is 5.75 Å². The quantitative estimate of drug-likeness (QED) is 0.550. The maximum atomic E-state index is 13.5. The zero-order chi connectivity index (χ0) is 21.8. The van der Waals surface area contributed by atoms with Crippen LogP contribution in [0.1, 0.15) is 28.4 Å². The molecule has 0 unspecified atom stereocenters. The molecule has 164 valence electrons.